The largest absolute Gasteiger partial charge is 0.507 e. The number of aromatic hydroxyl groups is 1. The van der Waals surface area contributed by atoms with Gasteiger partial charge in [0.15, 0.2) is 0 Å². The fraction of sp³-hybridized carbons (Fsp3) is 0.393. The topological polar surface area (TPSA) is 68.2 Å². The van der Waals surface area contributed by atoms with Crippen molar-refractivity contribution in [2.75, 3.05) is 34.4 Å². The number of methoxy groups -OCH3 is 3. The van der Waals surface area contributed by atoms with E-state index < -0.39 is 8.07 Å². The van der Waals surface area contributed by atoms with Crippen LogP contribution in [0.5, 0.6) is 23.0 Å². The molecule has 0 atom stereocenters. The highest BCUT2D eigenvalue weighted by molar-refractivity contribution is 6.89. The number of ether oxygens (including phenoxy) is 3. The minimum atomic E-state index is -1.92. The molecule has 0 saturated heterocycles. The molecule has 0 bridgehead atoms. The molecule has 0 heterocycles. The van der Waals surface area contributed by atoms with Crippen LogP contribution < -0.4 is 19.4 Å². The molecule has 1 N–H and O–H groups in total. The lowest BCUT2D eigenvalue weighted by Crippen LogP contribution is -2.39. The quantitative estimate of drug-likeness (QED) is 0.414. The number of amides is 1. The van der Waals surface area contributed by atoms with Gasteiger partial charge in [-0.2, -0.15) is 0 Å². The molecule has 3 aromatic carbocycles. The van der Waals surface area contributed by atoms with E-state index in [9.17, 15) is 9.90 Å². The number of hydrogen-bond acceptors (Lipinski definition) is 5. The Bertz CT molecular complexity index is 1260. The molecule has 3 aromatic rings. The minimum absolute atomic E-state index is 0.192. The molecule has 0 spiro atoms. The van der Waals surface area contributed by atoms with Gasteiger partial charge in [-0.15, -0.1) is 0 Å². The molecule has 0 aliphatic heterocycles. The number of phenolic OH excluding ortho intramolecular Hbond substituents is 1. The third kappa shape index (κ3) is 4.45. The summed E-state index contributed by atoms with van der Waals surface area (Å²) in [6.45, 7) is 13.6. The fourth-order valence-electron chi connectivity index (χ4n) is 5.00. The number of phenols is 1. The van der Waals surface area contributed by atoms with E-state index in [2.05, 4.69) is 19.6 Å². The van der Waals surface area contributed by atoms with Crippen LogP contribution >= 0.6 is 0 Å². The van der Waals surface area contributed by atoms with Crippen LogP contribution in [0.1, 0.15) is 29.8 Å². The van der Waals surface area contributed by atoms with E-state index >= 15 is 0 Å². The average molecular weight is 496 g/mol. The van der Waals surface area contributed by atoms with Crippen LogP contribution in [0, 0.1) is 6.92 Å². The van der Waals surface area contributed by atoms with Crippen molar-refractivity contribution in [3.05, 3.63) is 41.5 Å². The molecule has 3 rings (SSSR count). The third-order valence-corrected chi connectivity index (χ3v) is 8.63. The van der Waals surface area contributed by atoms with Gasteiger partial charge in [-0.25, -0.2) is 0 Å². The predicted molar refractivity (Wildman–Crippen MR) is 146 cm³/mol. The number of rotatable bonds is 8. The maximum Gasteiger partial charge on any atom is 0.258 e. The number of aryl methyl sites for hydroxylation is 1. The molecule has 0 fully saturated rings. The Hall–Kier alpha value is -3.19. The SMILES string of the molecule is CCN(CC)C(=O)c1c(-c2ccc(C)c([Si](C)(C)C)c2O)c(OC)c2cccc(OC)c2c1OC. The van der Waals surface area contributed by atoms with Crippen molar-refractivity contribution in [3.63, 3.8) is 0 Å². The molecular weight excluding hydrogens is 458 g/mol. The first-order valence-corrected chi connectivity index (χ1v) is 15.4. The van der Waals surface area contributed by atoms with E-state index in [-0.39, 0.29) is 11.7 Å². The summed E-state index contributed by atoms with van der Waals surface area (Å²) in [6, 6.07) is 9.51. The van der Waals surface area contributed by atoms with Gasteiger partial charge in [0.1, 0.15) is 23.0 Å². The first-order chi connectivity index (χ1) is 16.6. The highest BCUT2D eigenvalue weighted by Gasteiger charge is 2.33. The summed E-state index contributed by atoms with van der Waals surface area (Å²) in [5, 5.41) is 14.0. The van der Waals surface area contributed by atoms with Gasteiger partial charge in [-0.1, -0.05) is 43.9 Å². The zero-order valence-electron chi connectivity index (χ0n) is 22.3. The molecule has 0 radical (unpaired) electrons. The Labute approximate surface area is 209 Å². The maximum atomic E-state index is 14.0. The van der Waals surface area contributed by atoms with Gasteiger partial charge in [0.05, 0.1) is 40.4 Å². The summed E-state index contributed by atoms with van der Waals surface area (Å²) in [6.07, 6.45) is 0. The summed E-state index contributed by atoms with van der Waals surface area (Å²) < 4.78 is 17.6. The summed E-state index contributed by atoms with van der Waals surface area (Å²) in [4.78, 5) is 15.8. The lowest BCUT2D eigenvalue weighted by molar-refractivity contribution is 0.0770. The van der Waals surface area contributed by atoms with Gasteiger partial charge in [0, 0.05) is 29.6 Å². The highest BCUT2D eigenvalue weighted by atomic mass is 28.3. The van der Waals surface area contributed by atoms with Gasteiger partial charge in [0.2, 0.25) is 0 Å². The van der Waals surface area contributed by atoms with Gasteiger partial charge in [-0.05, 0) is 37.6 Å². The Morgan fingerprint density at radius 2 is 1.57 bits per heavy atom. The van der Waals surface area contributed by atoms with Crippen LogP contribution in [0.3, 0.4) is 0 Å². The van der Waals surface area contributed by atoms with E-state index in [1.807, 2.05) is 51.1 Å². The van der Waals surface area contributed by atoms with Crippen LogP contribution in [-0.2, 0) is 0 Å². The molecule has 0 aliphatic carbocycles. The lowest BCUT2D eigenvalue weighted by Gasteiger charge is -2.27. The van der Waals surface area contributed by atoms with E-state index in [0.29, 0.717) is 52.4 Å². The normalized spacial score (nSPS) is 11.5. The number of nitrogens with zero attached hydrogens (tertiary/aromatic N) is 1. The summed E-state index contributed by atoms with van der Waals surface area (Å²) in [5.74, 6) is 1.48. The molecule has 0 aromatic heterocycles. The molecule has 35 heavy (non-hydrogen) atoms. The van der Waals surface area contributed by atoms with E-state index in [1.165, 1.54) is 0 Å². The second-order valence-corrected chi connectivity index (χ2v) is 14.6. The summed E-state index contributed by atoms with van der Waals surface area (Å²) in [7, 11) is 2.81. The molecule has 0 unspecified atom stereocenters. The van der Waals surface area contributed by atoms with Crippen molar-refractivity contribution in [3.8, 4) is 34.1 Å². The van der Waals surface area contributed by atoms with Crippen molar-refractivity contribution < 1.29 is 24.1 Å². The molecule has 188 valence electrons. The zero-order valence-corrected chi connectivity index (χ0v) is 23.3. The van der Waals surface area contributed by atoms with E-state index in [1.54, 1.807) is 26.2 Å². The van der Waals surface area contributed by atoms with Crippen molar-refractivity contribution in [2.24, 2.45) is 0 Å². The number of carbonyl (C=O) groups is 1. The molecule has 1 amide bonds. The Morgan fingerprint density at radius 1 is 0.943 bits per heavy atom. The van der Waals surface area contributed by atoms with Crippen molar-refractivity contribution in [2.45, 2.75) is 40.4 Å². The van der Waals surface area contributed by atoms with Gasteiger partial charge < -0.3 is 24.2 Å². The number of fused-ring (bicyclic) bond motifs is 1. The van der Waals surface area contributed by atoms with Crippen LogP contribution in [0.25, 0.3) is 21.9 Å². The van der Waals surface area contributed by atoms with Crippen LogP contribution in [-0.4, -0.2) is 58.4 Å². The molecule has 0 saturated carbocycles. The number of hydrogen-bond donors (Lipinski definition) is 1. The highest BCUT2D eigenvalue weighted by Crippen LogP contribution is 2.50. The van der Waals surface area contributed by atoms with Crippen molar-refractivity contribution in [1.29, 1.82) is 0 Å². The Balaban J connectivity index is 2.64. The average Bonchev–Trinajstić information content (AvgIpc) is 2.82. The van der Waals surface area contributed by atoms with Crippen LogP contribution in [0.2, 0.25) is 19.6 Å². The molecule has 6 nitrogen and oxygen atoms in total. The maximum absolute atomic E-state index is 14.0. The number of carbonyl (C=O) groups excluding carboxylic acids is 1. The van der Waals surface area contributed by atoms with Crippen LogP contribution in [0.4, 0.5) is 0 Å². The molecule has 0 aliphatic rings. The Kier molecular flexibility index (Phi) is 7.70. The van der Waals surface area contributed by atoms with E-state index in [0.717, 1.165) is 16.1 Å². The third-order valence-electron chi connectivity index (χ3n) is 6.50. The smallest absolute Gasteiger partial charge is 0.258 e. The van der Waals surface area contributed by atoms with Crippen molar-refractivity contribution in [1.82, 2.24) is 4.90 Å². The zero-order chi connectivity index (χ0) is 26.1. The van der Waals surface area contributed by atoms with Gasteiger partial charge in [0.25, 0.3) is 5.91 Å². The lowest BCUT2D eigenvalue weighted by atomic mass is 9.90. The van der Waals surface area contributed by atoms with Crippen LogP contribution in [0.15, 0.2) is 30.3 Å². The second-order valence-electron chi connectivity index (χ2n) is 9.58. The monoisotopic (exact) mass is 495 g/mol. The van der Waals surface area contributed by atoms with E-state index in [4.69, 9.17) is 14.2 Å². The minimum Gasteiger partial charge on any atom is -0.507 e. The van der Waals surface area contributed by atoms with Gasteiger partial charge >= 0.3 is 0 Å². The summed E-state index contributed by atoms with van der Waals surface area (Å²) >= 11 is 0. The molecular formula is C28H37NO5Si. The first kappa shape index (κ1) is 26.4. The van der Waals surface area contributed by atoms with Crippen molar-refractivity contribution >= 4 is 29.9 Å². The number of benzene rings is 3. The first-order valence-electron chi connectivity index (χ1n) is 11.9. The second kappa shape index (κ2) is 10.2. The predicted octanol–water partition coefficient (Wildman–Crippen LogP) is 5.57. The summed E-state index contributed by atoms with van der Waals surface area (Å²) in [5.41, 5.74) is 2.48. The van der Waals surface area contributed by atoms with Gasteiger partial charge in [-0.3, -0.25) is 4.79 Å². The fourth-order valence-corrected chi connectivity index (χ4v) is 7.11. The standard InChI is InChI=1S/C28H37NO5Si/c1-10-29(11-2)28(31)23-22(18-16-15-17(3)27(24(18)30)35(7,8)9)25(33-5)19-13-12-14-20(32-4)21(19)26(23)34-6/h12-16,30H,10-11H2,1-9H3. The Morgan fingerprint density at radius 3 is 2.09 bits per heavy atom. The molecule has 7 heteroatoms.